The van der Waals surface area contributed by atoms with Crippen LogP contribution in [-0.2, 0) is 9.59 Å². The van der Waals surface area contributed by atoms with Crippen LogP contribution in [0.2, 0.25) is 0 Å². The van der Waals surface area contributed by atoms with Crippen molar-refractivity contribution in [2.24, 2.45) is 5.92 Å². The Hall–Kier alpha value is -3.35. The van der Waals surface area contributed by atoms with Gasteiger partial charge in [-0.1, -0.05) is 26.0 Å². The van der Waals surface area contributed by atoms with Gasteiger partial charge in [0.05, 0.1) is 22.4 Å². The first-order valence-corrected chi connectivity index (χ1v) is 9.08. The number of anilines is 2. The second kappa shape index (κ2) is 6.99. The number of hydrogen-bond acceptors (Lipinski definition) is 4. The van der Waals surface area contributed by atoms with E-state index in [0.29, 0.717) is 22.5 Å². The van der Waals surface area contributed by atoms with E-state index in [1.54, 1.807) is 20.0 Å². The number of aromatic nitrogens is 2. The van der Waals surface area contributed by atoms with Crippen LogP contribution in [-0.4, -0.2) is 21.8 Å². The molecule has 3 aromatic rings. The van der Waals surface area contributed by atoms with E-state index in [9.17, 15) is 14.0 Å². The molecule has 0 saturated heterocycles. The number of carbonyl (C=O) groups is 2. The zero-order valence-corrected chi connectivity index (χ0v) is 15.5. The molecule has 1 aliphatic heterocycles. The van der Waals surface area contributed by atoms with Crippen molar-refractivity contribution in [1.29, 1.82) is 0 Å². The Balaban J connectivity index is 1.76. The van der Waals surface area contributed by atoms with Crippen LogP contribution in [0.1, 0.15) is 37.4 Å². The normalized spacial score (nSPS) is 16.0. The van der Waals surface area contributed by atoms with E-state index in [1.807, 2.05) is 24.3 Å². The van der Waals surface area contributed by atoms with Gasteiger partial charge in [0.15, 0.2) is 0 Å². The molecule has 2 aromatic carbocycles. The maximum absolute atomic E-state index is 14.7. The van der Waals surface area contributed by atoms with Gasteiger partial charge in [0, 0.05) is 30.1 Å². The van der Waals surface area contributed by atoms with Crippen LogP contribution in [0.25, 0.3) is 11.0 Å². The van der Waals surface area contributed by atoms with E-state index in [-0.39, 0.29) is 29.8 Å². The van der Waals surface area contributed by atoms with Crippen molar-refractivity contribution in [3.63, 3.8) is 0 Å². The predicted octanol–water partition coefficient (Wildman–Crippen LogP) is 3.84. The summed E-state index contributed by atoms with van der Waals surface area (Å²) in [5, 5.41) is 5.32. The summed E-state index contributed by atoms with van der Waals surface area (Å²) in [6.07, 6.45) is 1.78. The van der Waals surface area contributed by atoms with Crippen molar-refractivity contribution in [2.45, 2.75) is 26.2 Å². The monoisotopic (exact) mass is 378 g/mol. The lowest BCUT2D eigenvalue weighted by Gasteiger charge is -2.26. The van der Waals surface area contributed by atoms with Crippen LogP contribution in [0, 0.1) is 11.7 Å². The molecule has 2 amide bonds. The van der Waals surface area contributed by atoms with Crippen LogP contribution in [0.3, 0.4) is 0 Å². The van der Waals surface area contributed by atoms with E-state index >= 15 is 0 Å². The van der Waals surface area contributed by atoms with Gasteiger partial charge >= 0.3 is 0 Å². The fraction of sp³-hybridized carbons (Fsp3) is 0.238. The number of amides is 2. The number of nitrogens with one attached hydrogen (secondary N) is 2. The average Bonchev–Trinajstić information content (AvgIpc) is 2.68. The van der Waals surface area contributed by atoms with Gasteiger partial charge < -0.3 is 10.6 Å². The topological polar surface area (TPSA) is 84.0 Å². The molecule has 0 unspecified atom stereocenters. The van der Waals surface area contributed by atoms with Crippen molar-refractivity contribution in [1.82, 2.24) is 9.97 Å². The van der Waals surface area contributed by atoms with Crippen LogP contribution in [0.5, 0.6) is 0 Å². The van der Waals surface area contributed by atoms with Gasteiger partial charge in [0.2, 0.25) is 11.8 Å². The molecule has 0 fully saturated rings. The Morgan fingerprint density at radius 2 is 2.00 bits per heavy atom. The molecule has 28 heavy (non-hydrogen) atoms. The molecule has 2 N–H and O–H groups in total. The summed E-state index contributed by atoms with van der Waals surface area (Å²) in [7, 11) is 0. The fourth-order valence-electron chi connectivity index (χ4n) is 3.26. The van der Waals surface area contributed by atoms with Crippen molar-refractivity contribution in [3.05, 3.63) is 59.7 Å². The Morgan fingerprint density at radius 1 is 1.25 bits per heavy atom. The molecule has 2 heterocycles. The Morgan fingerprint density at radius 3 is 2.75 bits per heavy atom. The molecule has 7 heteroatoms. The molecule has 0 spiro atoms. The zero-order chi connectivity index (χ0) is 19.8. The third kappa shape index (κ3) is 3.31. The number of fused-ring (bicyclic) bond motifs is 2. The molecule has 0 radical (unpaired) electrons. The van der Waals surface area contributed by atoms with E-state index < -0.39 is 11.7 Å². The summed E-state index contributed by atoms with van der Waals surface area (Å²) in [6, 6.07) is 10.3. The first-order chi connectivity index (χ1) is 13.4. The van der Waals surface area contributed by atoms with E-state index in [2.05, 4.69) is 20.6 Å². The molecule has 1 aliphatic rings. The quantitative estimate of drug-likeness (QED) is 0.725. The summed E-state index contributed by atoms with van der Waals surface area (Å²) >= 11 is 0. The number of nitrogens with zero attached hydrogens (tertiary/aromatic N) is 2. The van der Waals surface area contributed by atoms with Crippen molar-refractivity contribution >= 4 is 34.2 Å². The highest BCUT2D eigenvalue weighted by atomic mass is 19.1. The van der Waals surface area contributed by atoms with Gasteiger partial charge in [-0.25, -0.2) is 9.37 Å². The maximum Gasteiger partial charge on any atom is 0.227 e. The third-order valence-electron chi connectivity index (χ3n) is 4.78. The minimum absolute atomic E-state index is 0.0444. The largest absolute Gasteiger partial charge is 0.326 e. The second-order valence-corrected chi connectivity index (χ2v) is 7.15. The highest BCUT2D eigenvalue weighted by Gasteiger charge is 2.29. The van der Waals surface area contributed by atoms with Crippen LogP contribution < -0.4 is 10.6 Å². The highest BCUT2D eigenvalue weighted by molar-refractivity contribution is 5.98. The smallest absolute Gasteiger partial charge is 0.227 e. The molecule has 0 bridgehead atoms. The van der Waals surface area contributed by atoms with Crippen molar-refractivity contribution in [2.75, 3.05) is 10.6 Å². The van der Waals surface area contributed by atoms with Gasteiger partial charge in [-0.15, -0.1) is 0 Å². The number of benzene rings is 2. The van der Waals surface area contributed by atoms with Crippen molar-refractivity contribution in [3.8, 4) is 0 Å². The second-order valence-electron chi connectivity index (χ2n) is 7.15. The summed E-state index contributed by atoms with van der Waals surface area (Å²) in [4.78, 5) is 33.2. The molecular weight excluding hydrogens is 359 g/mol. The molecule has 0 aliphatic carbocycles. The van der Waals surface area contributed by atoms with Gasteiger partial charge in [0.1, 0.15) is 5.82 Å². The van der Waals surface area contributed by atoms with E-state index in [1.165, 1.54) is 12.1 Å². The Kier molecular flexibility index (Phi) is 4.50. The SMILES string of the molecule is CC(C)C(=O)Nc1cc2c(cc1F)[C@H](c1cnc3ccccc3n1)CC(=O)N2. The molecule has 142 valence electrons. The van der Waals surface area contributed by atoms with E-state index in [4.69, 9.17) is 0 Å². The molecular formula is C21H19FN4O2. The van der Waals surface area contributed by atoms with Gasteiger partial charge in [-0.05, 0) is 29.8 Å². The lowest BCUT2D eigenvalue weighted by atomic mass is 9.87. The summed E-state index contributed by atoms with van der Waals surface area (Å²) < 4.78 is 14.7. The Labute approximate surface area is 161 Å². The van der Waals surface area contributed by atoms with Crippen LogP contribution in [0.15, 0.2) is 42.6 Å². The van der Waals surface area contributed by atoms with Crippen molar-refractivity contribution < 1.29 is 14.0 Å². The molecule has 6 nitrogen and oxygen atoms in total. The lowest BCUT2D eigenvalue weighted by molar-refractivity contribution is -0.119. The minimum atomic E-state index is -0.553. The van der Waals surface area contributed by atoms with Gasteiger partial charge in [-0.3, -0.25) is 14.6 Å². The first kappa shape index (κ1) is 18.0. The predicted molar refractivity (Wildman–Crippen MR) is 104 cm³/mol. The molecule has 4 rings (SSSR count). The average molecular weight is 378 g/mol. The van der Waals surface area contributed by atoms with Gasteiger partial charge in [-0.2, -0.15) is 0 Å². The summed E-state index contributed by atoms with van der Waals surface area (Å²) in [6.45, 7) is 3.45. The zero-order valence-electron chi connectivity index (χ0n) is 15.5. The lowest BCUT2D eigenvalue weighted by Crippen LogP contribution is -2.25. The number of carbonyl (C=O) groups excluding carboxylic acids is 2. The van der Waals surface area contributed by atoms with Crippen LogP contribution in [0.4, 0.5) is 15.8 Å². The maximum atomic E-state index is 14.7. The summed E-state index contributed by atoms with van der Waals surface area (Å²) in [5.41, 5.74) is 3.20. The number of rotatable bonds is 3. The molecule has 1 aromatic heterocycles. The first-order valence-electron chi connectivity index (χ1n) is 9.08. The summed E-state index contributed by atoms with van der Waals surface area (Å²) in [5.74, 6) is -1.74. The highest BCUT2D eigenvalue weighted by Crippen LogP contribution is 2.39. The molecule has 1 atom stereocenters. The van der Waals surface area contributed by atoms with Crippen LogP contribution >= 0.6 is 0 Å². The van der Waals surface area contributed by atoms with Gasteiger partial charge in [0.25, 0.3) is 0 Å². The fourth-order valence-corrected chi connectivity index (χ4v) is 3.26. The van der Waals surface area contributed by atoms with E-state index in [0.717, 1.165) is 5.52 Å². The third-order valence-corrected chi connectivity index (χ3v) is 4.78. The Bertz CT molecular complexity index is 1100. The number of para-hydroxylation sites is 2. The molecule has 0 saturated carbocycles. The minimum Gasteiger partial charge on any atom is -0.326 e. The number of hydrogen-bond donors (Lipinski definition) is 2. The standard InChI is InChI=1S/C21H19FN4O2/c1-11(2)21(28)26-18-9-17-12(7-14(18)22)13(8-20(27)25-17)19-10-23-15-5-3-4-6-16(15)24-19/h3-7,9-11,13H,8H2,1-2H3,(H,25,27)(H,26,28)/t13-/m1/s1. The number of halogens is 1.